The summed E-state index contributed by atoms with van der Waals surface area (Å²) in [5.74, 6) is 0.984. The Bertz CT molecular complexity index is 803. The number of anilines is 1. The Morgan fingerprint density at radius 1 is 1.40 bits per heavy atom. The third-order valence-electron chi connectivity index (χ3n) is 4.69. The molecule has 2 aromatic heterocycles. The van der Waals surface area contributed by atoms with Crippen LogP contribution in [0.15, 0.2) is 5.16 Å². The number of nitrogen functional groups attached to an aromatic ring is 1. The first-order valence-corrected chi connectivity index (χ1v) is 10.3. The molecule has 25 heavy (non-hydrogen) atoms. The van der Waals surface area contributed by atoms with E-state index in [4.69, 9.17) is 10.5 Å². The second-order valence-electron chi connectivity index (χ2n) is 6.49. The maximum absolute atomic E-state index is 12.3. The van der Waals surface area contributed by atoms with Crippen molar-refractivity contribution in [1.29, 1.82) is 0 Å². The number of nitrogens with two attached hydrogens (primary N) is 1. The van der Waals surface area contributed by atoms with Crippen molar-refractivity contribution in [3.63, 3.8) is 0 Å². The lowest BCUT2D eigenvalue weighted by Gasteiger charge is -2.26. The molecule has 0 saturated carbocycles. The number of carbonyl (C=O) groups excluding carboxylic acids is 1. The topological polar surface area (TPSA) is 85.8 Å². The van der Waals surface area contributed by atoms with E-state index in [2.05, 4.69) is 17.0 Å². The second kappa shape index (κ2) is 7.06. The van der Waals surface area contributed by atoms with Crippen molar-refractivity contribution < 1.29 is 14.4 Å². The molecule has 9 heteroatoms. The van der Waals surface area contributed by atoms with Gasteiger partial charge in [-0.15, -0.1) is 11.3 Å². The summed E-state index contributed by atoms with van der Waals surface area (Å²) in [5, 5.41) is 1.61. The van der Waals surface area contributed by atoms with E-state index in [0.717, 1.165) is 29.7 Å². The Hall–Kier alpha value is -1.42. The van der Waals surface area contributed by atoms with E-state index in [-0.39, 0.29) is 5.91 Å². The maximum Gasteiger partial charge on any atom is 0.233 e. The van der Waals surface area contributed by atoms with Crippen LogP contribution in [0.2, 0.25) is 0 Å². The number of amides is 1. The minimum absolute atomic E-state index is 0.103. The molecule has 1 amide bonds. The first-order chi connectivity index (χ1) is 12.1. The van der Waals surface area contributed by atoms with Gasteiger partial charge in [-0.1, -0.05) is 11.8 Å². The number of likely N-dealkylation sites (N-methyl/N-ethyl adjacent to an activating group) is 1. The molecule has 4 rings (SSSR count). The van der Waals surface area contributed by atoms with Gasteiger partial charge in [0, 0.05) is 19.5 Å². The number of morpholine rings is 1. The fraction of sp³-hybridized carbons (Fsp3) is 0.562. The van der Waals surface area contributed by atoms with Gasteiger partial charge in [0.05, 0.1) is 42.8 Å². The summed E-state index contributed by atoms with van der Waals surface area (Å²) in [6.45, 7) is 4.69. The molecule has 1 fully saturated rings. The fourth-order valence-corrected chi connectivity index (χ4v) is 5.47. The third-order valence-corrected chi connectivity index (χ3v) is 6.65. The molecule has 3 N–H and O–H groups in total. The zero-order valence-electron chi connectivity index (χ0n) is 14.2. The highest BCUT2D eigenvalue weighted by molar-refractivity contribution is 7.99. The number of quaternary nitrogens is 1. The number of hydrogen-bond donors (Lipinski definition) is 2. The van der Waals surface area contributed by atoms with Crippen LogP contribution >= 0.6 is 23.1 Å². The van der Waals surface area contributed by atoms with Crippen LogP contribution < -0.4 is 10.6 Å². The van der Waals surface area contributed by atoms with Gasteiger partial charge >= 0.3 is 0 Å². The SMILES string of the molecule is C[NH+]1CCc2c(sc3nc(SCC(=O)N4CCOCC4)nc(N)c23)C1. The van der Waals surface area contributed by atoms with E-state index < -0.39 is 0 Å². The summed E-state index contributed by atoms with van der Waals surface area (Å²) in [6.07, 6.45) is 1.02. The summed E-state index contributed by atoms with van der Waals surface area (Å²) in [4.78, 5) is 27.1. The molecule has 1 unspecified atom stereocenters. The summed E-state index contributed by atoms with van der Waals surface area (Å²) in [7, 11) is 2.21. The predicted octanol–water partition coefficient (Wildman–Crippen LogP) is -0.205. The molecular formula is C16H22N5O2S2+. The number of nitrogens with one attached hydrogen (secondary N) is 1. The Morgan fingerprint density at radius 3 is 3.00 bits per heavy atom. The van der Waals surface area contributed by atoms with Crippen LogP contribution in [0.4, 0.5) is 5.82 Å². The van der Waals surface area contributed by atoms with E-state index in [1.165, 1.54) is 27.1 Å². The Kier molecular flexibility index (Phi) is 4.81. The lowest BCUT2D eigenvalue weighted by atomic mass is 10.1. The quantitative estimate of drug-likeness (QED) is 0.566. The molecule has 134 valence electrons. The Balaban J connectivity index is 1.52. The van der Waals surface area contributed by atoms with Crippen molar-refractivity contribution in [3.8, 4) is 0 Å². The van der Waals surface area contributed by atoms with Crippen molar-refractivity contribution in [2.45, 2.75) is 18.1 Å². The van der Waals surface area contributed by atoms with Crippen molar-refractivity contribution in [3.05, 3.63) is 10.4 Å². The van der Waals surface area contributed by atoms with Crippen LogP contribution in [-0.2, 0) is 22.5 Å². The number of thioether (sulfide) groups is 1. The van der Waals surface area contributed by atoms with Gasteiger partial charge in [0.25, 0.3) is 0 Å². The third kappa shape index (κ3) is 3.46. The molecule has 2 aromatic rings. The number of aromatic nitrogens is 2. The van der Waals surface area contributed by atoms with Crippen molar-refractivity contribution in [2.75, 3.05) is 51.4 Å². The highest BCUT2D eigenvalue weighted by atomic mass is 32.2. The monoisotopic (exact) mass is 380 g/mol. The molecule has 2 aliphatic rings. The number of rotatable bonds is 3. The highest BCUT2D eigenvalue weighted by Gasteiger charge is 2.25. The van der Waals surface area contributed by atoms with E-state index in [0.29, 0.717) is 43.0 Å². The molecule has 7 nitrogen and oxygen atoms in total. The fourth-order valence-electron chi connectivity index (χ4n) is 3.31. The van der Waals surface area contributed by atoms with Gasteiger partial charge in [0.2, 0.25) is 5.91 Å². The number of hydrogen-bond acceptors (Lipinski definition) is 7. The summed E-state index contributed by atoms with van der Waals surface area (Å²) in [6, 6.07) is 0. The Morgan fingerprint density at radius 2 is 2.20 bits per heavy atom. The number of carbonyl (C=O) groups is 1. The van der Waals surface area contributed by atoms with Gasteiger partial charge in [-0.2, -0.15) is 0 Å². The van der Waals surface area contributed by atoms with Gasteiger partial charge in [0.15, 0.2) is 5.16 Å². The normalized spacial score (nSPS) is 20.7. The van der Waals surface area contributed by atoms with Crippen LogP contribution in [0.25, 0.3) is 10.2 Å². The average molecular weight is 381 g/mol. The number of fused-ring (bicyclic) bond motifs is 3. The standard InChI is InChI=1S/C16H21N5O2S2/c1-20-3-2-10-11(8-20)25-15-13(10)14(17)18-16(19-15)24-9-12(22)21-4-6-23-7-5-21/h2-9H2,1H3,(H2,17,18,19)/p+1. The van der Waals surface area contributed by atoms with Crippen molar-refractivity contribution >= 4 is 45.0 Å². The molecule has 2 aliphatic heterocycles. The average Bonchev–Trinajstić information content (AvgIpc) is 2.98. The molecular weight excluding hydrogens is 358 g/mol. The lowest BCUT2D eigenvalue weighted by Crippen LogP contribution is -3.08. The minimum Gasteiger partial charge on any atom is -0.383 e. The van der Waals surface area contributed by atoms with Crippen LogP contribution in [0.3, 0.4) is 0 Å². The lowest BCUT2D eigenvalue weighted by molar-refractivity contribution is -0.895. The van der Waals surface area contributed by atoms with Crippen LogP contribution in [0.1, 0.15) is 10.4 Å². The summed E-state index contributed by atoms with van der Waals surface area (Å²) in [5.41, 5.74) is 7.56. The molecule has 1 atom stereocenters. The van der Waals surface area contributed by atoms with Gasteiger partial charge in [-0.3, -0.25) is 4.79 Å². The van der Waals surface area contributed by atoms with Crippen LogP contribution in [-0.4, -0.2) is 66.4 Å². The van der Waals surface area contributed by atoms with Gasteiger partial charge in [0.1, 0.15) is 17.2 Å². The molecule has 0 radical (unpaired) electrons. The van der Waals surface area contributed by atoms with Crippen LogP contribution in [0.5, 0.6) is 0 Å². The van der Waals surface area contributed by atoms with Gasteiger partial charge < -0.3 is 20.3 Å². The summed E-state index contributed by atoms with van der Waals surface area (Å²) < 4.78 is 5.28. The number of nitrogens with zero attached hydrogens (tertiary/aromatic N) is 3. The molecule has 1 saturated heterocycles. The largest absolute Gasteiger partial charge is 0.383 e. The van der Waals surface area contributed by atoms with Gasteiger partial charge in [-0.25, -0.2) is 9.97 Å². The Labute approximate surface area is 154 Å². The number of thiophene rings is 1. The predicted molar refractivity (Wildman–Crippen MR) is 99.1 cm³/mol. The van der Waals surface area contributed by atoms with Gasteiger partial charge in [-0.05, 0) is 5.56 Å². The maximum atomic E-state index is 12.3. The first kappa shape index (κ1) is 17.0. The van der Waals surface area contributed by atoms with E-state index in [9.17, 15) is 4.79 Å². The van der Waals surface area contributed by atoms with Crippen molar-refractivity contribution in [1.82, 2.24) is 14.9 Å². The van der Waals surface area contributed by atoms with E-state index in [1.807, 2.05) is 4.90 Å². The molecule has 4 heterocycles. The minimum atomic E-state index is 0.103. The summed E-state index contributed by atoms with van der Waals surface area (Å²) >= 11 is 3.08. The molecule has 0 aromatic carbocycles. The van der Waals surface area contributed by atoms with Crippen molar-refractivity contribution in [2.24, 2.45) is 0 Å². The molecule has 0 spiro atoms. The van der Waals surface area contributed by atoms with Crippen LogP contribution in [0, 0.1) is 0 Å². The zero-order valence-corrected chi connectivity index (χ0v) is 15.8. The smallest absolute Gasteiger partial charge is 0.233 e. The zero-order chi connectivity index (χ0) is 17.4. The number of ether oxygens (including phenoxy) is 1. The second-order valence-corrected chi connectivity index (χ2v) is 8.52. The van der Waals surface area contributed by atoms with E-state index in [1.54, 1.807) is 11.3 Å². The first-order valence-electron chi connectivity index (χ1n) is 8.49. The highest BCUT2D eigenvalue weighted by Crippen LogP contribution is 2.35. The molecule has 0 aliphatic carbocycles. The molecule has 0 bridgehead atoms. The van der Waals surface area contributed by atoms with E-state index >= 15 is 0 Å².